The van der Waals surface area contributed by atoms with Gasteiger partial charge in [0.05, 0.1) is 24.6 Å². The molecule has 0 spiro atoms. The molecule has 0 amide bonds. The number of ether oxygens (including phenoxy) is 2. The summed E-state index contributed by atoms with van der Waals surface area (Å²) in [5.41, 5.74) is 5.54. The van der Waals surface area contributed by atoms with Crippen LogP contribution in [0.1, 0.15) is 65.2 Å². The predicted octanol–water partition coefficient (Wildman–Crippen LogP) is 4.32. The van der Waals surface area contributed by atoms with E-state index in [0.717, 1.165) is 38.7 Å². The number of rotatable bonds is 13. The molecule has 0 radical (unpaired) electrons. The molecule has 6 nitrogen and oxygen atoms in total. The van der Waals surface area contributed by atoms with E-state index in [1.807, 2.05) is 0 Å². The van der Waals surface area contributed by atoms with Gasteiger partial charge < -0.3 is 24.3 Å². The zero-order valence-electron chi connectivity index (χ0n) is 16.4. The predicted molar refractivity (Wildman–Crippen MR) is 101 cm³/mol. The van der Waals surface area contributed by atoms with E-state index in [1.54, 1.807) is 7.11 Å². The summed E-state index contributed by atoms with van der Waals surface area (Å²) in [5, 5.41) is 0. The average molecular weight is 379 g/mol. The summed E-state index contributed by atoms with van der Waals surface area (Å²) in [7, 11) is -0.0192. The Morgan fingerprint density at radius 2 is 2.04 bits per heavy atom. The summed E-state index contributed by atoms with van der Waals surface area (Å²) in [6, 6.07) is 0. The number of hydrogen-bond donors (Lipinski definition) is 1. The first kappa shape index (κ1) is 23.1. The van der Waals surface area contributed by atoms with Crippen LogP contribution in [-0.4, -0.2) is 45.4 Å². The van der Waals surface area contributed by atoms with Gasteiger partial charge in [0.25, 0.3) is 0 Å². The summed E-state index contributed by atoms with van der Waals surface area (Å²) >= 11 is 0. The number of methoxy groups -OCH3 is 1. The Balaban J connectivity index is 2.48. The van der Waals surface area contributed by atoms with Crippen molar-refractivity contribution < 1.29 is 23.1 Å². The molecule has 1 rings (SSSR count). The summed E-state index contributed by atoms with van der Waals surface area (Å²) < 4.78 is 34.6. The molecule has 25 heavy (non-hydrogen) atoms. The number of unbranched alkanes of at least 4 members (excludes halogenated alkanes) is 1. The van der Waals surface area contributed by atoms with Crippen molar-refractivity contribution in [2.45, 2.75) is 83.5 Å². The molecule has 0 aromatic carbocycles. The van der Waals surface area contributed by atoms with Gasteiger partial charge in [-0.25, -0.2) is 0 Å². The molecule has 5 unspecified atom stereocenters. The monoisotopic (exact) mass is 379 g/mol. The van der Waals surface area contributed by atoms with Crippen molar-refractivity contribution in [3.8, 4) is 0 Å². The van der Waals surface area contributed by atoms with Gasteiger partial charge in [0, 0.05) is 20.8 Å². The van der Waals surface area contributed by atoms with E-state index in [9.17, 15) is 4.57 Å². The van der Waals surface area contributed by atoms with Crippen LogP contribution in [0.3, 0.4) is 0 Å². The second-order valence-electron chi connectivity index (χ2n) is 7.00. The Hall–Kier alpha value is 0.0300. The zero-order chi connectivity index (χ0) is 18.7. The molecular weight excluding hydrogens is 341 g/mol. The lowest BCUT2D eigenvalue weighted by Gasteiger charge is -2.33. The van der Waals surface area contributed by atoms with E-state index in [4.69, 9.17) is 24.3 Å². The third kappa shape index (κ3) is 8.06. The van der Waals surface area contributed by atoms with E-state index in [2.05, 4.69) is 13.8 Å². The van der Waals surface area contributed by atoms with Crippen molar-refractivity contribution in [2.24, 2.45) is 11.7 Å². The van der Waals surface area contributed by atoms with Crippen molar-refractivity contribution in [1.82, 2.24) is 0 Å². The summed E-state index contributed by atoms with van der Waals surface area (Å²) in [6.07, 6.45) is 8.21. The fourth-order valence-corrected chi connectivity index (χ4v) is 4.41. The Morgan fingerprint density at radius 3 is 2.64 bits per heavy atom. The van der Waals surface area contributed by atoms with E-state index < -0.39 is 7.60 Å². The van der Waals surface area contributed by atoms with Crippen LogP contribution in [0.15, 0.2) is 0 Å². The van der Waals surface area contributed by atoms with E-state index in [-0.39, 0.29) is 24.6 Å². The van der Waals surface area contributed by atoms with Crippen LogP contribution >= 0.6 is 7.60 Å². The van der Waals surface area contributed by atoms with Crippen molar-refractivity contribution in [1.29, 1.82) is 0 Å². The normalized spacial score (nSPS) is 26.1. The van der Waals surface area contributed by atoms with Crippen molar-refractivity contribution in [3.63, 3.8) is 0 Å². The largest absolute Gasteiger partial charge is 0.381 e. The first-order chi connectivity index (χ1) is 12.0. The molecule has 1 saturated heterocycles. The van der Waals surface area contributed by atoms with Crippen molar-refractivity contribution >= 4 is 7.60 Å². The highest BCUT2D eigenvalue weighted by atomic mass is 31.2. The number of hydrogen-bond acceptors (Lipinski definition) is 6. The van der Waals surface area contributed by atoms with Crippen LogP contribution < -0.4 is 5.73 Å². The van der Waals surface area contributed by atoms with Gasteiger partial charge >= 0.3 is 7.60 Å². The minimum absolute atomic E-state index is 0.0489. The molecule has 0 saturated carbocycles. The van der Waals surface area contributed by atoms with Gasteiger partial charge in [-0.2, -0.15) is 0 Å². The van der Waals surface area contributed by atoms with E-state index in [1.165, 1.54) is 26.4 Å². The summed E-state index contributed by atoms with van der Waals surface area (Å²) in [5.74, 6) is 0.565. The molecule has 1 heterocycles. The van der Waals surface area contributed by atoms with Gasteiger partial charge in [0.1, 0.15) is 0 Å². The van der Waals surface area contributed by atoms with Gasteiger partial charge in [-0.05, 0) is 44.4 Å². The molecule has 1 aliphatic heterocycles. The Morgan fingerprint density at radius 1 is 1.28 bits per heavy atom. The molecule has 0 aromatic heterocycles. The number of nitrogens with two attached hydrogens (primary N) is 1. The first-order valence-electron chi connectivity index (χ1n) is 9.67. The molecule has 1 fully saturated rings. The summed E-state index contributed by atoms with van der Waals surface area (Å²) in [4.78, 5) is 0. The van der Waals surface area contributed by atoms with Crippen LogP contribution in [0.2, 0.25) is 0 Å². The van der Waals surface area contributed by atoms with E-state index >= 15 is 0 Å². The second kappa shape index (κ2) is 12.4. The van der Waals surface area contributed by atoms with Gasteiger partial charge in [-0.1, -0.05) is 26.7 Å². The maximum absolute atomic E-state index is 12.3. The average Bonchev–Trinajstić information content (AvgIpc) is 2.64. The molecular formula is C18H38NO5P. The molecule has 0 aromatic rings. The SMILES string of the molecule is CCCCC(C)C(CCCC1OCCCC1OP(=O)(CN)OC)OC. The lowest BCUT2D eigenvalue weighted by atomic mass is 9.92. The third-order valence-corrected chi connectivity index (χ3v) is 6.70. The van der Waals surface area contributed by atoms with Gasteiger partial charge in [-0.15, -0.1) is 0 Å². The highest BCUT2D eigenvalue weighted by molar-refractivity contribution is 7.53. The first-order valence-corrected chi connectivity index (χ1v) is 11.4. The van der Waals surface area contributed by atoms with Gasteiger partial charge in [0.2, 0.25) is 0 Å². The lowest BCUT2D eigenvalue weighted by Crippen LogP contribution is -2.36. The fraction of sp³-hybridized carbons (Fsp3) is 1.00. The minimum atomic E-state index is -3.20. The molecule has 0 aliphatic carbocycles. The van der Waals surface area contributed by atoms with Crippen LogP contribution in [0.25, 0.3) is 0 Å². The Bertz CT molecular complexity index is 388. The van der Waals surface area contributed by atoms with Crippen LogP contribution in [0, 0.1) is 5.92 Å². The van der Waals surface area contributed by atoms with Crippen molar-refractivity contribution in [3.05, 3.63) is 0 Å². The smallest absolute Gasteiger partial charge is 0.344 e. The fourth-order valence-electron chi connectivity index (χ4n) is 3.44. The second-order valence-corrected chi connectivity index (χ2v) is 9.16. The highest BCUT2D eigenvalue weighted by Crippen LogP contribution is 2.48. The molecule has 150 valence electrons. The minimum Gasteiger partial charge on any atom is -0.381 e. The van der Waals surface area contributed by atoms with Gasteiger partial charge in [0.15, 0.2) is 0 Å². The Labute approximate surface area is 153 Å². The topological polar surface area (TPSA) is 80.0 Å². The molecule has 5 atom stereocenters. The maximum Gasteiger partial charge on any atom is 0.344 e. The molecule has 0 bridgehead atoms. The van der Waals surface area contributed by atoms with Gasteiger partial charge in [-0.3, -0.25) is 4.57 Å². The zero-order valence-corrected chi connectivity index (χ0v) is 17.3. The van der Waals surface area contributed by atoms with Crippen LogP contribution in [0.5, 0.6) is 0 Å². The Kier molecular flexibility index (Phi) is 11.5. The molecule has 2 N–H and O–H groups in total. The van der Waals surface area contributed by atoms with Crippen LogP contribution in [-0.2, 0) is 23.1 Å². The molecule has 7 heteroatoms. The van der Waals surface area contributed by atoms with E-state index in [0.29, 0.717) is 5.92 Å². The summed E-state index contributed by atoms with van der Waals surface area (Å²) in [6.45, 7) is 5.21. The standard InChI is InChI=1S/C18H38NO5P/c1-5-6-9-15(2)16(21-3)10-7-11-17-18(12-8-13-23-17)24-25(20,14-19)22-4/h15-18H,5-14,19H2,1-4H3. The lowest BCUT2D eigenvalue weighted by molar-refractivity contribution is -0.0720. The maximum atomic E-state index is 12.3. The van der Waals surface area contributed by atoms with Crippen LogP contribution in [0.4, 0.5) is 0 Å². The highest BCUT2D eigenvalue weighted by Gasteiger charge is 2.33. The quantitative estimate of drug-likeness (QED) is 0.480. The third-order valence-electron chi connectivity index (χ3n) is 5.11. The van der Waals surface area contributed by atoms with Crippen molar-refractivity contribution in [2.75, 3.05) is 27.1 Å². The molecule has 1 aliphatic rings.